The third-order valence-electron chi connectivity index (χ3n) is 1.90. The van der Waals surface area contributed by atoms with Gasteiger partial charge in [-0.25, -0.2) is 4.39 Å². The van der Waals surface area contributed by atoms with Crippen LogP contribution in [0, 0.1) is 5.82 Å². The molecule has 0 bridgehead atoms. The molecular weight excluding hydrogens is 171 g/mol. The Morgan fingerprint density at radius 3 is 2.77 bits per heavy atom. The molecule has 0 radical (unpaired) electrons. The van der Waals surface area contributed by atoms with Crippen molar-refractivity contribution in [2.75, 3.05) is 0 Å². The van der Waals surface area contributed by atoms with Crippen LogP contribution in [0.3, 0.4) is 0 Å². The molecule has 0 aliphatic carbocycles. The molecular formula is C10H13FO2. The first-order chi connectivity index (χ1) is 6.11. The molecule has 13 heavy (non-hydrogen) atoms. The van der Waals surface area contributed by atoms with Crippen molar-refractivity contribution >= 4 is 0 Å². The molecule has 0 aliphatic rings. The van der Waals surface area contributed by atoms with Gasteiger partial charge in [-0.05, 0) is 31.4 Å². The van der Waals surface area contributed by atoms with Crippen LogP contribution in [0.25, 0.3) is 0 Å². The van der Waals surface area contributed by atoms with Crippen molar-refractivity contribution in [1.29, 1.82) is 0 Å². The number of aliphatic hydroxyl groups excluding tert-OH is 1. The molecule has 0 heterocycles. The number of aromatic hydroxyl groups is 1. The molecule has 0 aromatic heterocycles. The minimum Gasteiger partial charge on any atom is -0.505 e. The van der Waals surface area contributed by atoms with Crippen molar-refractivity contribution in [2.45, 2.75) is 25.9 Å². The van der Waals surface area contributed by atoms with Crippen molar-refractivity contribution in [3.05, 3.63) is 29.6 Å². The van der Waals surface area contributed by atoms with Crippen molar-refractivity contribution in [3.63, 3.8) is 0 Å². The Bertz CT molecular complexity index is 284. The highest BCUT2D eigenvalue weighted by molar-refractivity contribution is 5.33. The summed E-state index contributed by atoms with van der Waals surface area (Å²) in [7, 11) is 0. The maximum absolute atomic E-state index is 12.8. The monoisotopic (exact) mass is 184 g/mol. The Morgan fingerprint density at radius 2 is 2.15 bits per heavy atom. The van der Waals surface area contributed by atoms with Gasteiger partial charge in [0.2, 0.25) is 0 Å². The average Bonchev–Trinajstić information content (AvgIpc) is 2.07. The van der Waals surface area contributed by atoms with Gasteiger partial charge in [0.05, 0.1) is 6.10 Å². The Morgan fingerprint density at radius 1 is 1.46 bits per heavy atom. The van der Waals surface area contributed by atoms with Gasteiger partial charge in [0.1, 0.15) is 0 Å². The summed E-state index contributed by atoms with van der Waals surface area (Å²) in [5.74, 6) is -0.911. The zero-order valence-corrected chi connectivity index (χ0v) is 7.50. The number of halogens is 1. The van der Waals surface area contributed by atoms with E-state index < -0.39 is 11.9 Å². The Hall–Kier alpha value is -1.09. The van der Waals surface area contributed by atoms with Crippen LogP contribution in [0.4, 0.5) is 4.39 Å². The molecule has 0 amide bonds. The van der Waals surface area contributed by atoms with Crippen molar-refractivity contribution in [2.24, 2.45) is 0 Å². The van der Waals surface area contributed by atoms with E-state index in [4.69, 9.17) is 5.11 Å². The van der Waals surface area contributed by atoms with Crippen LogP contribution < -0.4 is 0 Å². The predicted molar refractivity (Wildman–Crippen MR) is 48.1 cm³/mol. The summed E-state index contributed by atoms with van der Waals surface area (Å²) in [5.41, 5.74) is 0.543. The molecule has 2 N–H and O–H groups in total. The minimum atomic E-state index is -0.608. The molecule has 1 rings (SSSR count). The van der Waals surface area contributed by atoms with Crippen LogP contribution in [0.1, 0.15) is 18.9 Å². The SMILES string of the molecule is CC(O)CCc1cccc(F)c1O. The highest BCUT2D eigenvalue weighted by atomic mass is 19.1. The quantitative estimate of drug-likeness (QED) is 0.752. The lowest BCUT2D eigenvalue weighted by Crippen LogP contribution is -2.01. The fourth-order valence-electron chi connectivity index (χ4n) is 1.13. The van der Waals surface area contributed by atoms with Crippen molar-refractivity contribution in [1.82, 2.24) is 0 Å². The molecule has 1 aromatic rings. The van der Waals surface area contributed by atoms with Gasteiger partial charge in [0.15, 0.2) is 11.6 Å². The smallest absolute Gasteiger partial charge is 0.165 e. The predicted octanol–water partition coefficient (Wildman–Crippen LogP) is 1.84. The molecule has 2 nitrogen and oxygen atoms in total. The molecule has 1 unspecified atom stereocenters. The lowest BCUT2D eigenvalue weighted by atomic mass is 10.1. The number of aliphatic hydroxyl groups is 1. The molecule has 0 saturated carbocycles. The van der Waals surface area contributed by atoms with Crippen LogP contribution in [-0.2, 0) is 6.42 Å². The van der Waals surface area contributed by atoms with Crippen molar-refractivity contribution in [3.8, 4) is 5.75 Å². The molecule has 72 valence electrons. The highest BCUT2D eigenvalue weighted by Crippen LogP contribution is 2.22. The number of hydrogen-bond acceptors (Lipinski definition) is 2. The lowest BCUT2D eigenvalue weighted by molar-refractivity contribution is 0.184. The molecule has 0 aliphatic heterocycles. The van der Waals surface area contributed by atoms with Gasteiger partial charge < -0.3 is 10.2 Å². The molecule has 1 atom stereocenters. The normalized spacial score (nSPS) is 12.8. The van der Waals surface area contributed by atoms with E-state index in [0.29, 0.717) is 18.4 Å². The first-order valence-electron chi connectivity index (χ1n) is 4.25. The topological polar surface area (TPSA) is 40.5 Å². The largest absolute Gasteiger partial charge is 0.505 e. The fourth-order valence-corrected chi connectivity index (χ4v) is 1.13. The Labute approximate surface area is 76.6 Å². The zero-order valence-electron chi connectivity index (χ0n) is 7.50. The lowest BCUT2D eigenvalue weighted by Gasteiger charge is -2.06. The van der Waals surface area contributed by atoms with Crippen LogP contribution in [0.2, 0.25) is 0 Å². The standard InChI is InChI=1S/C10H13FO2/c1-7(12)5-6-8-3-2-4-9(11)10(8)13/h2-4,7,12-13H,5-6H2,1H3. The highest BCUT2D eigenvalue weighted by Gasteiger charge is 2.06. The van der Waals surface area contributed by atoms with Crippen LogP contribution in [-0.4, -0.2) is 16.3 Å². The summed E-state index contributed by atoms with van der Waals surface area (Å²) < 4.78 is 12.8. The number of para-hydroxylation sites is 1. The zero-order chi connectivity index (χ0) is 9.84. The van der Waals surface area contributed by atoms with Crippen LogP contribution >= 0.6 is 0 Å². The maximum atomic E-state index is 12.8. The van der Waals surface area contributed by atoms with Crippen LogP contribution in [0.15, 0.2) is 18.2 Å². The van der Waals surface area contributed by atoms with Gasteiger partial charge in [-0.15, -0.1) is 0 Å². The van der Waals surface area contributed by atoms with E-state index in [0.717, 1.165) is 0 Å². The first kappa shape index (κ1) is 9.99. The summed E-state index contributed by atoms with van der Waals surface area (Å²) in [6.45, 7) is 1.66. The Balaban J connectivity index is 2.71. The van der Waals surface area contributed by atoms with E-state index in [1.54, 1.807) is 19.1 Å². The fraction of sp³-hybridized carbons (Fsp3) is 0.400. The number of rotatable bonds is 3. The van der Waals surface area contributed by atoms with E-state index >= 15 is 0 Å². The second-order valence-corrected chi connectivity index (χ2v) is 3.14. The van der Waals surface area contributed by atoms with E-state index in [1.165, 1.54) is 6.07 Å². The number of phenols is 1. The van der Waals surface area contributed by atoms with Gasteiger partial charge in [0.25, 0.3) is 0 Å². The third kappa shape index (κ3) is 2.70. The first-order valence-corrected chi connectivity index (χ1v) is 4.25. The van der Waals surface area contributed by atoms with Gasteiger partial charge in [-0.2, -0.15) is 0 Å². The number of hydrogen-bond donors (Lipinski definition) is 2. The maximum Gasteiger partial charge on any atom is 0.165 e. The van der Waals surface area contributed by atoms with Gasteiger partial charge in [-0.3, -0.25) is 0 Å². The summed E-state index contributed by atoms with van der Waals surface area (Å²) >= 11 is 0. The molecule has 0 fully saturated rings. The summed E-state index contributed by atoms with van der Waals surface area (Å²) in [6.07, 6.45) is 0.584. The third-order valence-corrected chi connectivity index (χ3v) is 1.90. The summed E-state index contributed by atoms with van der Waals surface area (Å²) in [6, 6.07) is 4.41. The molecule has 0 saturated heterocycles. The van der Waals surface area contributed by atoms with Gasteiger partial charge in [0, 0.05) is 0 Å². The molecule has 3 heteroatoms. The van der Waals surface area contributed by atoms with E-state index in [1.807, 2.05) is 0 Å². The number of benzene rings is 1. The van der Waals surface area contributed by atoms with E-state index in [2.05, 4.69) is 0 Å². The van der Waals surface area contributed by atoms with Crippen molar-refractivity contribution < 1.29 is 14.6 Å². The molecule has 0 spiro atoms. The summed E-state index contributed by atoms with van der Waals surface area (Å²) in [4.78, 5) is 0. The van der Waals surface area contributed by atoms with E-state index in [-0.39, 0.29) is 5.75 Å². The minimum absolute atomic E-state index is 0.303. The second-order valence-electron chi connectivity index (χ2n) is 3.14. The Kier molecular flexibility index (Phi) is 3.25. The van der Waals surface area contributed by atoms with E-state index in [9.17, 15) is 9.50 Å². The number of phenolic OH excluding ortho intramolecular Hbond substituents is 1. The van der Waals surface area contributed by atoms with Gasteiger partial charge >= 0.3 is 0 Å². The van der Waals surface area contributed by atoms with Crippen LogP contribution in [0.5, 0.6) is 5.75 Å². The second kappa shape index (κ2) is 4.23. The van der Waals surface area contributed by atoms with Gasteiger partial charge in [-0.1, -0.05) is 12.1 Å². The molecule has 1 aromatic carbocycles. The number of aryl methyl sites for hydroxylation is 1. The average molecular weight is 184 g/mol. The summed E-state index contributed by atoms with van der Waals surface area (Å²) in [5, 5.41) is 18.3.